The predicted octanol–water partition coefficient (Wildman–Crippen LogP) is 3.38. The average molecular weight is 855 g/mol. The molecular weight excluding hydrogens is 810 g/mol. The molecule has 2 aliphatic heterocycles. The topological polar surface area (TPSA) is 212 Å². The number of anilines is 1. The maximum Gasteiger partial charge on any atom is 0.416 e. The molecule has 0 spiro atoms. The van der Waals surface area contributed by atoms with E-state index in [1.54, 1.807) is 84.9 Å². The third-order valence-electron chi connectivity index (χ3n) is 10.6. The van der Waals surface area contributed by atoms with Crippen molar-refractivity contribution in [2.24, 2.45) is 0 Å². The molecule has 324 valence electrons. The zero-order valence-corrected chi connectivity index (χ0v) is 33.3. The van der Waals surface area contributed by atoms with Crippen LogP contribution in [0.25, 0.3) is 0 Å². The van der Waals surface area contributed by atoms with Crippen molar-refractivity contribution in [1.29, 1.82) is 0 Å². The lowest BCUT2D eigenvalue weighted by molar-refractivity contribution is -0.143. The Morgan fingerprint density at radius 2 is 1.08 bits per heavy atom. The molecule has 7 rings (SSSR count). The van der Waals surface area contributed by atoms with Gasteiger partial charge in [0.15, 0.2) is 0 Å². The lowest BCUT2D eigenvalue weighted by Gasteiger charge is -2.27. The Hall–Kier alpha value is -7.04. The number of carbonyl (C=O) groups excluding carboxylic acids is 6. The third kappa shape index (κ3) is 12.3. The van der Waals surface area contributed by atoms with Crippen LogP contribution in [0.2, 0.25) is 0 Å². The van der Waals surface area contributed by atoms with Crippen LogP contribution in [-0.4, -0.2) is 76.2 Å². The Morgan fingerprint density at radius 3 is 1.56 bits per heavy atom. The number of aliphatic carboxylic acids is 1. The molecule has 2 bridgehead atoms. The minimum Gasteiger partial charge on any atom is -0.480 e. The number of amides is 6. The maximum absolute atomic E-state index is 14.4. The fourth-order valence-corrected chi connectivity index (χ4v) is 6.94. The van der Waals surface area contributed by atoms with Crippen LogP contribution < -0.4 is 31.9 Å². The number of hydrogen-bond donors (Lipinski definition) is 7. The summed E-state index contributed by atoms with van der Waals surface area (Å²) in [5.41, 5.74) is -0.117. The number of benzene rings is 4. The summed E-state index contributed by atoms with van der Waals surface area (Å²) in [4.78, 5) is 94.9. The van der Waals surface area contributed by atoms with Gasteiger partial charge in [-0.1, -0.05) is 84.9 Å². The van der Waals surface area contributed by atoms with E-state index in [2.05, 4.69) is 31.9 Å². The monoisotopic (exact) mass is 854 g/mol. The molecule has 0 saturated heterocycles. The molecule has 1 unspecified atom stereocenters. The highest BCUT2D eigenvalue weighted by Crippen LogP contribution is 2.35. The van der Waals surface area contributed by atoms with Gasteiger partial charge < -0.3 is 37.0 Å². The highest BCUT2D eigenvalue weighted by molar-refractivity contribution is 5.98. The Labute approximate surface area is 354 Å². The molecule has 4 atom stereocenters. The van der Waals surface area contributed by atoms with E-state index in [1.165, 1.54) is 0 Å². The maximum atomic E-state index is 14.4. The van der Waals surface area contributed by atoms with Crippen molar-refractivity contribution in [2.75, 3.05) is 5.32 Å². The number of fused-ring (bicyclic) bond motifs is 18. The Morgan fingerprint density at radius 1 is 0.613 bits per heavy atom. The molecule has 2 heterocycles. The Kier molecular flexibility index (Phi) is 14.0. The minimum absolute atomic E-state index is 0.0444. The molecule has 14 nitrogen and oxygen atoms in total. The summed E-state index contributed by atoms with van der Waals surface area (Å²) in [6, 6.07) is 21.9. The zero-order valence-electron chi connectivity index (χ0n) is 33.3. The van der Waals surface area contributed by atoms with Gasteiger partial charge in [0.1, 0.15) is 29.7 Å². The van der Waals surface area contributed by atoms with Crippen molar-refractivity contribution < 1.29 is 51.8 Å². The first kappa shape index (κ1) is 44.5. The van der Waals surface area contributed by atoms with Crippen LogP contribution in [0, 0.1) is 0 Å². The zero-order chi connectivity index (χ0) is 44.4. The van der Waals surface area contributed by atoms with Crippen LogP contribution in [0.5, 0.6) is 0 Å². The second kappa shape index (κ2) is 19.6. The number of nitrogens with one attached hydrogen (secondary N) is 6. The van der Waals surface area contributed by atoms with Crippen LogP contribution in [-0.2, 0) is 65.4 Å². The van der Waals surface area contributed by atoms with Crippen molar-refractivity contribution in [3.05, 3.63) is 137 Å². The van der Waals surface area contributed by atoms with E-state index in [-0.39, 0.29) is 56.9 Å². The first-order valence-electron chi connectivity index (χ1n) is 20.0. The fourth-order valence-electron chi connectivity index (χ4n) is 6.94. The summed E-state index contributed by atoms with van der Waals surface area (Å²) in [5, 5.41) is 25.7. The number of carbonyl (C=O) groups is 7. The van der Waals surface area contributed by atoms with E-state index < -0.39 is 82.9 Å². The molecule has 4 aromatic carbocycles. The summed E-state index contributed by atoms with van der Waals surface area (Å²) in [7, 11) is 0. The highest BCUT2D eigenvalue weighted by atomic mass is 19.4. The van der Waals surface area contributed by atoms with E-state index in [9.17, 15) is 51.8 Å². The second-order valence-corrected chi connectivity index (χ2v) is 15.4. The molecule has 17 heteroatoms. The lowest BCUT2D eigenvalue weighted by atomic mass is 9.99. The second-order valence-electron chi connectivity index (χ2n) is 15.4. The molecule has 62 heavy (non-hydrogen) atoms. The normalized spacial score (nSPS) is 21.2. The highest BCUT2D eigenvalue weighted by Gasteiger charge is 2.52. The van der Waals surface area contributed by atoms with Gasteiger partial charge in [0.05, 0.1) is 5.56 Å². The number of alkyl halides is 3. The Balaban J connectivity index is 1.37. The van der Waals surface area contributed by atoms with E-state index >= 15 is 0 Å². The van der Waals surface area contributed by atoms with Gasteiger partial charge in [-0.15, -0.1) is 0 Å². The van der Waals surface area contributed by atoms with Crippen LogP contribution in [0.1, 0.15) is 53.5 Å². The third-order valence-corrected chi connectivity index (χ3v) is 10.6. The van der Waals surface area contributed by atoms with Gasteiger partial charge >= 0.3 is 12.1 Å². The number of carboxylic acid groups (broad SMARTS) is 1. The van der Waals surface area contributed by atoms with Crippen molar-refractivity contribution in [1.82, 2.24) is 26.6 Å². The van der Waals surface area contributed by atoms with Crippen molar-refractivity contribution in [3.63, 3.8) is 0 Å². The first-order chi connectivity index (χ1) is 29.6. The van der Waals surface area contributed by atoms with Gasteiger partial charge in [-0.2, -0.15) is 13.2 Å². The number of hydrogen-bond acceptors (Lipinski definition) is 7. The molecule has 7 N–H and O–H groups in total. The Bertz CT molecular complexity index is 2270. The molecular formula is C45H45F3N6O8. The van der Waals surface area contributed by atoms with Crippen molar-refractivity contribution >= 4 is 47.1 Å². The quantitative estimate of drug-likeness (QED) is 0.124. The van der Waals surface area contributed by atoms with Crippen LogP contribution in [0.4, 0.5) is 18.9 Å². The van der Waals surface area contributed by atoms with E-state index in [0.717, 1.165) is 24.3 Å². The first-order valence-corrected chi connectivity index (χ1v) is 20.0. The summed E-state index contributed by atoms with van der Waals surface area (Å²) in [6.07, 6.45) is -5.53. The standard InChI is InChI=1S/C45H45F3N6O8/c46-45(47,48)31-15-11-29(12-16-31)25-35-40(58)52-34(24-28-9-5-2-6-10-28)41(59)53-36(42(60)54-44(21-22-44)43(61)62)26-30-13-17-32(18-14-30)49-37(55)19-20-38(56)50-33(39(57)51-35)23-27-7-3-1-4-8-27/h1-18,33-36H,19-26H2,(H,49,55)(H,50,56)(H,51,57)(H,52,58)(H,53,59)(H,54,60)(H,61,62)/t33?,34-,35+,36-/m1/s1. The van der Waals surface area contributed by atoms with Gasteiger partial charge in [0, 0.05) is 44.2 Å². The molecule has 1 aliphatic carbocycles. The number of carboxylic acids is 1. The number of rotatable bonds is 9. The molecule has 4 aromatic rings. The minimum atomic E-state index is -4.64. The summed E-state index contributed by atoms with van der Waals surface area (Å²) in [6.45, 7) is 0. The largest absolute Gasteiger partial charge is 0.480 e. The molecule has 0 radical (unpaired) electrons. The van der Waals surface area contributed by atoms with Gasteiger partial charge in [-0.25, -0.2) is 4.79 Å². The van der Waals surface area contributed by atoms with Crippen LogP contribution >= 0.6 is 0 Å². The summed E-state index contributed by atoms with van der Waals surface area (Å²) >= 11 is 0. The lowest BCUT2D eigenvalue weighted by Crippen LogP contribution is -2.60. The van der Waals surface area contributed by atoms with Crippen LogP contribution in [0.3, 0.4) is 0 Å². The molecule has 6 amide bonds. The summed E-state index contributed by atoms with van der Waals surface area (Å²) < 4.78 is 40.4. The van der Waals surface area contributed by atoms with Gasteiger partial charge in [-0.3, -0.25) is 28.8 Å². The molecule has 3 aliphatic rings. The summed E-state index contributed by atoms with van der Waals surface area (Å²) in [5.74, 6) is -5.80. The SMILES string of the molecule is O=C1CCC(=O)NC(Cc2ccccc2)C(=O)N[C@@H](Cc2ccc(C(F)(F)F)cc2)C(=O)N[C@H](Cc2ccccc2)C(=O)N[C@@H](C(=O)NC2(C(=O)O)CC2)Cc2ccc(cc2)N1. The fraction of sp³-hybridized carbons (Fsp3) is 0.311. The van der Waals surface area contributed by atoms with Crippen LogP contribution in [0.15, 0.2) is 109 Å². The average Bonchev–Trinajstić information content (AvgIpc) is 4.03. The van der Waals surface area contributed by atoms with Gasteiger partial charge in [0.2, 0.25) is 35.4 Å². The van der Waals surface area contributed by atoms with E-state index in [1.807, 2.05) is 0 Å². The molecule has 1 fully saturated rings. The predicted molar refractivity (Wildman–Crippen MR) is 219 cm³/mol. The van der Waals surface area contributed by atoms with E-state index in [0.29, 0.717) is 22.4 Å². The number of halogens is 3. The van der Waals surface area contributed by atoms with Gasteiger partial charge in [0.25, 0.3) is 0 Å². The molecule has 0 aromatic heterocycles. The van der Waals surface area contributed by atoms with E-state index in [4.69, 9.17) is 0 Å². The van der Waals surface area contributed by atoms with Gasteiger partial charge in [-0.05, 0) is 59.4 Å². The van der Waals surface area contributed by atoms with Crippen molar-refractivity contribution in [2.45, 2.75) is 87.2 Å². The van der Waals surface area contributed by atoms with Crippen molar-refractivity contribution in [3.8, 4) is 0 Å². The molecule has 1 saturated carbocycles. The smallest absolute Gasteiger partial charge is 0.416 e.